The molecule has 0 saturated heterocycles. The van der Waals surface area contributed by atoms with Gasteiger partial charge in [0.1, 0.15) is 10.3 Å². The largest absolute Gasteiger partial charge is 0.464 e. The molecule has 2 aromatic heterocycles. The number of carboxylic acid groups (broad SMARTS) is 1. The molecule has 3 aromatic rings. The zero-order valence-electron chi connectivity index (χ0n) is 16.6. The monoisotopic (exact) mass is 540 g/mol. The first-order valence-corrected chi connectivity index (χ1v) is 10.4. The molecular weight excluding hydrogens is 527 g/mol. The minimum atomic E-state index is -1.37. The van der Waals surface area contributed by atoms with Crippen LogP contribution in [0.2, 0.25) is 10.0 Å². The molecule has 0 spiro atoms. The predicted octanol–water partition coefficient (Wildman–Crippen LogP) is 4.15. The van der Waals surface area contributed by atoms with Gasteiger partial charge in [-0.2, -0.15) is 5.10 Å². The lowest BCUT2D eigenvalue weighted by Crippen LogP contribution is -2.42. The van der Waals surface area contributed by atoms with Gasteiger partial charge in [0.25, 0.3) is 11.8 Å². The van der Waals surface area contributed by atoms with Gasteiger partial charge >= 0.3 is 6.09 Å². The molecule has 3 amide bonds. The number of benzene rings is 1. The number of carbonyl (C=O) groups is 3. The third-order valence-electron chi connectivity index (χ3n) is 4.19. The number of hydrogen-bond donors (Lipinski definition) is 3. The van der Waals surface area contributed by atoms with E-state index in [4.69, 9.17) is 28.3 Å². The molecule has 1 aromatic carbocycles. The molecule has 3 rings (SSSR count). The van der Waals surface area contributed by atoms with Crippen molar-refractivity contribution in [2.24, 2.45) is 0 Å². The summed E-state index contributed by atoms with van der Waals surface area (Å²) >= 11 is 15.5. The molecule has 0 unspecified atom stereocenters. The van der Waals surface area contributed by atoms with Crippen molar-refractivity contribution in [1.29, 1.82) is 0 Å². The third-order valence-corrected chi connectivity index (χ3v) is 5.09. The third kappa shape index (κ3) is 5.01. The zero-order valence-corrected chi connectivity index (χ0v) is 19.7. The number of nitrogens with one attached hydrogen (secondary N) is 2. The van der Waals surface area contributed by atoms with Crippen LogP contribution in [0.25, 0.3) is 5.82 Å². The van der Waals surface area contributed by atoms with E-state index in [0.29, 0.717) is 15.2 Å². The average molecular weight is 542 g/mol. The highest BCUT2D eigenvalue weighted by molar-refractivity contribution is 9.10. The number of carbonyl (C=O) groups excluding carboxylic acids is 2. The average Bonchev–Trinajstić information content (AvgIpc) is 3.11. The standard InChI is InChI=1S/C19H15BrCl2N6O4/c1-9-6-10(21)7-11(17(29)26-27(2)19(31)32)15(9)24-18(30)13-8-14(20)25-28(13)16-12(22)4-3-5-23-16/h3-8H,1-2H3,(H,24,30)(H,26,29)(H,31,32). The zero-order chi connectivity index (χ0) is 23.6. The molecule has 3 N–H and O–H groups in total. The minimum Gasteiger partial charge on any atom is -0.464 e. The quantitative estimate of drug-likeness (QED) is 0.425. The van der Waals surface area contributed by atoms with Gasteiger partial charge < -0.3 is 10.4 Å². The first kappa shape index (κ1) is 23.5. The molecule has 0 aliphatic heterocycles. The van der Waals surface area contributed by atoms with Gasteiger partial charge in [-0.25, -0.2) is 19.5 Å². The molecule has 0 aliphatic carbocycles. The van der Waals surface area contributed by atoms with Crippen LogP contribution in [0.1, 0.15) is 26.4 Å². The number of halogens is 3. The maximum absolute atomic E-state index is 13.1. The van der Waals surface area contributed by atoms with Crippen LogP contribution < -0.4 is 10.7 Å². The van der Waals surface area contributed by atoms with Crippen LogP contribution in [0, 0.1) is 6.92 Å². The van der Waals surface area contributed by atoms with Crippen molar-refractivity contribution in [3.8, 4) is 5.82 Å². The first-order chi connectivity index (χ1) is 15.1. The minimum absolute atomic E-state index is 0.0301. The Morgan fingerprint density at radius 2 is 1.91 bits per heavy atom. The van der Waals surface area contributed by atoms with E-state index in [1.807, 2.05) is 0 Å². The van der Waals surface area contributed by atoms with Gasteiger partial charge in [0.15, 0.2) is 5.82 Å². The van der Waals surface area contributed by atoms with E-state index in [2.05, 4.69) is 36.8 Å². The Balaban J connectivity index is 2.00. The highest BCUT2D eigenvalue weighted by atomic mass is 79.9. The number of pyridine rings is 1. The van der Waals surface area contributed by atoms with Crippen LogP contribution in [-0.4, -0.2) is 49.8 Å². The molecule has 2 heterocycles. The van der Waals surface area contributed by atoms with Crippen LogP contribution in [0.3, 0.4) is 0 Å². The normalized spacial score (nSPS) is 10.5. The van der Waals surface area contributed by atoms with E-state index in [1.54, 1.807) is 25.1 Å². The maximum Gasteiger partial charge on any atom is 0.425 e. The molecule has 0 radical (unpaired) electrons. The molecule has 0 saturated carbocycles. The van der Waals surface area contributed by atoms with Crippen LogP contribution in [0.5, 0.6) is 0 Å². The summed E-state index contributed by atoms with van der Waals surface area (Å²) in [6, 6.07) is 7.57. The summed E-state index contributed by atoms with van der Waals surface area (Å²) in [5.74, 6) is -1.16. The summed E-state index contributed by atoms with van der Waals surface area (Å²) in [5.41, 5.74) is 2.87. The van der Waals surface area contributed by atoms with Crippen LogP contribution >= 0.6 is 39.1 Å². The smallest absolute Gasteiger partial charge is 0.425 e. The van der Waals surface area contributed by atoms with E-state index in [1.165, 1.54) is 23.0 Å². The van der Waals surface area contributed by atoms with Crippen LogP contribution in [0.15, 0.2) is 41.1 Å². The van der Waals surface area contributed by atoms with Crippen LogP contribution in [-0.2, 0) is 0 Å². The molecule has 0 aliphatic rings. The number of hydrazine groups is 1. The summed E-state index contributed by atoms with van der Waals surface area (Å²) in [4.78, 5) is 41.0. The van der Waals surface area contributed by atoms with Crippen molar-refractivity contribution in [2.75, 3.05) is 12.4 Å². The molecular formula is C19H15BrCl2N6O4. The number of rotatable bonds is 4. The Kier molecular flexibility index (Phi) is 7.02. The van der Waals surface area contributed by atoms with Crippen molar-refractivity contribution in [1.82, 2.24) is 25.2 Å². The Labute approximate surface area is 200 Å². The lowest BCUT2D eigenvalue weighted by atomic mass is 10.1. The maximum atomic E-state index is 13.1. The fraction of sp³-hybridized carbons (Fsp3) is 0.105. The van der Waals surface area contributed by atoms with Gasteiger partial charge in [-0.15, -0.1) is 0 Å². The topological polar surface area (TPSA) is 129 Å². The molecule has 32 heavy (non-hydrogen) atoms. The predicted molar refractivity (Wildman–Crippen MR) is 121 cm³/mol. The summed E-state index contributed by atoms with van der Waals surface area (Å²) < 4.78 is 1.61. The second-order valence-electron chi connectivity index (χ2n) is 6.45. The molecule has 13 heteroatoms. The summed E-state index contributed by atoms with van der Waals surface area (Å²) in [5, 5.41) is 17.0. The fourth-order valence-electron chi connectivity index (χ4n) is 2.73. The number of hydrogen-bond acceptors (Lipinski definition) is 5. The van der Waals surface area contributed by atoms with Crippen LogP contribution in [0.4, 0.5) is 10.5 Å². The lowest BCUT2D eigenvalue weighted by molar-refractivity contribution is 0.0802. The number of nitrogens with zero attached hydrogens (tertiary/aromatic N) is 4. The van der Waals surface area contributed by atoms with Crippen molar-refractivity contribution in [2.45, 2.75) is 6.92 Å². The SMILES string of the molecule is Cc1cc(Cl)cc(C(=O)NN(C)C(=O)O)c1NC(=O)c1cc(Br)nn1-c1ncccc1Cl. The van der Waals surface area contributed by atoms with Crippen molar-refractivity contribution in [3.63, 3.8) is 0 Å². The highest BCUT2D eigenvalue weighted by Crippen LogP contribution is 2.27. The van der Waals surface area contributed by atoms with E-state index in [9.17, 15) is 14.4 Å². The number of aryl methyl sites for hydroxylation is 1. The lowest BCUT2D eigenvalue weighted by Gasteiger charge is -2.18. The number of aromatic nitrogens is 3. The Bertz CT molecular complexity index is 1230. The summed E-state index contributed by atoms with van der Waals surface area (Å²) in [6.45, 7) is 1.64. The first-order valence-electron chi connectivity index (χ1n) is 8.84. The molecule has 166 valence electrons. The highest BCUT2D eigenvalue weighted by Gasteiger charge is 2.23. The Morgan fingerprint density at radius 3 is 2.56 bits per heavy atom. The van der Waals surface area contributed by atoms with Gasteiger partial charge in [-0.1, -0.05) is 23.2 Å². The van der Waals surface area contributed by atoms with Gasteiger partial charge in [-0.3, -0.25) is 15.0 Å². The summed E-state index contributed by atoms with van der Waals surface area (Å²) in [7, 11) is 1.16. The summed E-state index contributed by atoms with van der Waals surface area (Å²) in [6.07, 6.45) is 0.132. The molecule has 0 atom stereocenters. The molecule has 0 fully saturated rings. The van der Waals surface area contributed by atoms with Gasteiger partial charge in [0.05, 0.1) is 16.3 Å². The number of amides is 3. The second-order valence-corrected chi connectivity index (χ2v) is 8.11. The fourth-order valence-corrected chi connectivity index (χ4v) is 3.58. The van der Waals surface area contributed by atoms with Crippen molar-refractivity contribution < 1.29 is 19.5 Å². The Hall–Kier alpha value is -3.15. The molecule has 0 bridgehead atoms. The second kappa shape index (κ2) is 9.55. The van der Waals surface area contributed by atoms with E-state index < -0.39 is 17.9 Å². The van der Waals surface area contributed by atoms with Gasteiger partial charge in [-0.05, 0) is 52.7 Å². The van der Waals surface area contributed by atoms with Crippen molar-refractivity contribution in [3.05, 3.63) is 68.0 Å². The van der Waals surface area contributed by atoms with E-state index >= 15 is 0 Å². The molecule has 10 nitrogen and oxygen atoms in total. The van der Waals surface area contributed by atoms with E-state index in [0.717, 1.165) is 7.05 Å². The van der Waals surface area contributed by atoms with Gasteiger partial charge in [0, 0.05) is 24.3 Å². The van der Waals surface area contributed by atoms with Crippen molar-refractivity contribution >= 4 is 62.7 Å². The Morgan fingerprint density at radius 1 is 1.19 bits per heavy atom. The van der Waals surface area contributed by atoms with Gasteiger partial charge in [0.2, 0.25) is 0 Å². The number of anilines is 1. The van der Waals surface area contributed by atoms with E-state index in [-0.39, 0.29) is 32.8 Å².